The van der Waals surface area contributed by atoms with Crippen LogP contribution in [0.3, 0.4) is 0 Å². The Morgan fingerprint density at radius 1 is 1.03 bits per heavy atom. The van der Waals surface area contributed by atoms with Crippen LogP contribution in [-0.4, -0.2) is 26.5 Å². The monoisotopic (exact) mass is 430 g/mol. The molecule has 2 amide bonds. The topological polar surface area (TPSA) is 67.2 Å². The van der Waals surface area contributed by atoms with Gasteiger partial charge in [0.1, 0.15) is 11.4 Å². The third kappa shape index (κ3) is 3.68. The molecule has 0 aliphatic carbocycles. The average Bonchev–Trinajstić information content (AvgIpc) is 2.99. The van der Waals surface area contributed by atoms with Crippen LogP contribution in [0.15, 0.2) is 54.2 Å². The molecule has 31 heavy (non-hydrogen) atoms. The fourth-order valence-corrected chi connectivity index (χ4v) is 4.05. The lowest BCUT2D eigenvalue weighted by Crippen LogP contribution is -2.54. The minimum Gasteiger partial charge on any atom is -0.303 e. The largest absolute Gasteiger partial charge is 0.303 e. The van der Waals surface area contributed by atoms with E-state index in [9.17, 15) is 9.59 Å². The molecule has 1 aliphatic heterocycles. The third-order valence-electron chi connectivity index (χ3n) is 5.36. The van der Waals surface area contributed by atoms with Gasteiger partial charge in [0.25, 0.3) is 11.8 Å². The number of hydrogen-bond donors (Lipinski definition) is 1. The molecule has 0 spiro atoms. The molecular weight excluding hydrogens is 408 g/mol. The van der Waals surface area contributed by atoms with Gasteiger partial charge in [0.15, 0.2) is 5.11 Å². The summed E-state index contributed by atoms with van der Waals surface area (Å²) < 4.78 is 2.01. The fourth-order valence-electron chi connectivity index (χ4n) is 3.77. The number of aryl methyl sites for hydroxylation is 3. The van der Waals surface area contributed by atoms with E-state index in [0.29, 0.717) is 5.69 Å². The number of thiocarbonyl (C=S) groups is 1. The maximum absolute atomic E-state index is 13.3. The Labute approximate surface area is 186 Å². The zero-order chi connectivity index (χ0) is 22.3. The van der Waals surface area contributed by atoms with Crippen molar-refractivity contribution in [2.24, 2.45) is 0 Å². The predicted octanol–water partition coefficient (Wildman–Crippen LogP) is 3.94. The molecule has 3 aromatic rings. The molecule has 3 heterocycles. The van der Waals surface area contributed by atoms with Crippen LogP contribution in [0.1, 0.15) is 28.1 Å². The molecule has 156 valence electrons. The van der Waals surface area contributed by atoms with E-state index in [1.54, 1.807) is 12.3 Å². The molecule has 7 heteroatoms. The predicted molar refractivity (Wildman–Crippen MR) is 125 cm³/mol. The normalized spacial score (nSPS) is 15.5. The van der Waals surface area contributed by atoms with Crippen molar-refractivity contribution in [1.29, 1.82) is 0 Å². The fraction of sp³-hybridized carbons (Fsp3) is 0.167. The number of amides is 2. The van der Waals surface area contributed by atoms with E-state index >= 15 is 0 Å². The maximum Gasteiger partial charge on any atom is 0.270 e. The highest BCUT2D eigenvalue weighted by atomic mass is 32.1. The molecule has 0 saturated carbocycles. The summed E-state index contributed by atoms with van der Waals surface area (Å²) in [6, 6.07) is 13.3. The maximum atomic E-state index is 13.3. The third-order valence-corrected chi connectivity index (χ3v) is 5.64. The van der Waals surface area contributed by atoms with E-state index in [4.69, 9.17) is 12.2 Å². The van der Waals surface area contributed by atoms with Crippen LogP contribution in [0.4, 0.5) is 5.69 Å². The van der Waals surface area contributed by atoms with Gasteiger partial charge in [0.2, 0.25) is 0 Å². The van der Waals surface area contributed by atoms with Crippen molar-refractivity contribution in [1.82, 2.24) is 14.9 Å². The molecule has 1 fully saturated rings. The molecule has 6 nitrogen and oxygen atoms in total. The van der Waals surface area contributed by atoms with Gasteiger partial charge in [-0.05, 0) is 86.9 Å². The van der Waals surface area contributed by atoms with Crippen LogP contribution in [0.2, 0.25) is 0 Å². The first-order chi connectivity index (χ1) is 14.8. The summed E-state index contributed by atoms with van der Waals surface area (Å²) in [4.78, 5) is 31.8. The highest BCUT2D eigenvalue weighted by Gasteiger charge is 2.35. The number of pyridine rings is 1. The second kappa shape index (κ2) is 7.92. The molecule has 0 bridgehead atoms. The van der Waals surface area contributed by atoms with Crippen LogP contribution in [-0.2, 0) is 9.59 Å². The Balaban J connectivity index is 1.79. The summed E-state index contributed by atoms with van der Waals surface area (Å²) in [5, 5.41) is 2.73. The molecule has 1 N–H and O–H groups in total. The Hall–Kier alpha value is -3.58. The molecule has 1 aliphatic rings. The number of nitrogens with zero attached hydrogens (tertiary/aromatic N) is 3. The van der Waals surface area contributed by atoms with Crippen molar-refractivity contribution in [3.8, 4) is 5.82 Å². The zero-order valence-electron chi connectivity index (χ0n) is 17.8. The van der Waals surface area contributed by atoms with Crippen molar-refractivity contribution in [2.45, 2.75) is 27.7 Å². The molecule has 2 aromatic heterocycles. The number of anilines is 1. The minimum atomic E-state index is -0.502. The van der Waals surface area contributed by atoms with Gasteiger partial charge in [-0.25, -0.2) is 4.98 Å². The van der Waals surface area contributed by atoms with E-state index in [1.165, 1.54) is 4.90 Å². The summed E-state index contributed by atoms with van der Waals surface area (Å²) in [6.45, 7) is 7.82. The molecule has 4 rings (SSSR count). The zero-order valence-corrected chi connectivity index (χ0v) is 18.6. The average molecular weight is 431 g/mol. The molecule has 0 unspecified atom stereocenters. The Kier molecular flexibility index (Phi) is 5.29. The number of benzene rings is 1. The van der Waals surface area contributed by atoms with Gasteiger partial charge < -0.3 is 4.57 Å². The molecule has 0 atom stereocenters. The number of rotatable bonds is 3. The van der Waals surface area contributed by atoms with Crippen molar-refractivity contribution in [3.63, 3.8) is 0 Å². The van der Waals surface area contributed by atoms with Gasteiger partial charge in [-0.1, -0.05) is 18.2 Å². The molecular formula is C24H22N4O2S. The number of aromatic nitrogens is 2. The Morgan fingerprint density at radius 3 is 2.48 bits per heavy atom. The highest BCUT2D eigenvalue weighted by molar-refractivity contribution is 7.80. The van der Waals surface area contributed by atoms with Crippen molar-refractivity contribution >= 4 is 40.9 Å². The summed E-state index contributed by atoms with van der Waals surface area (Å²) in [7, 11) is 0. The number of carbonyl (C=O) groups is 2. The molecule has 0 radical (unpaired) electrons. The van der Waals surface area contributed by atoms with E-state index in [1.807, 2.05) is 74.7 Å². The highest BCUT2D eigenvalue weighted by Crippen LogP contribution is 2.27. The van der Waals surface area contributed by atoms with E-state index in [2.05, 4.69) is 10.3 Å². The summed E-state index contributed by atoms with van der Waals surface area (Å²) in [5.41, 5.74) is 5.29. The van der Waals surface area contributed by atoms with Crippen LogP contribution in [0, 0.1) is 27.7 Å². The first-order valence-corrected chi connectivity index (χ1v) is 10.3. The van der Waals surface area contributed by atoms with Crippen LogP contribution in [0.5, 0.6) is 0 Å². The minimum absolute atomic E-state index is 0.0364. The van der Waals surface area contributed by atoms with E-state index in [0.717, 1.165) is 33.9 Å². The molecule has 1 saturated heterocycles. The van der Waals surface area contributed by atoms with Crippen molar-refractivity contribution in [2.75, 3.05) is 4.90 Å². The smallest absolute Gasteiger partial charge is 0.270 e. The second-order valence-electron chi connectivity index (χ2n) is 7.60. The van der Waals surface area contributed by atoms with Gasteiger partial charge in [-0.3, -0.25) is 19.8 Å². The SMILES string of the molecule is Cc1ccnc(-n2c(C)cc(/C=C3\C(=O)NC(=S)N(c4ccccc4C)C3=O)c2C)c1. The quantitative estimate of drug-likeness (QED) is 0.388. The van der Waals surface area contributed by atoms with E-state index in [-0.39, 0.29) is 10.7 Å². The number of hydrogen-bond acceptors (Lipinski definition) is 4. The first kappa shape index (κ1) is 20.7. The van der Waals surface area contributed by atoms with Gasteiger partial charge >= 0.3 is 0 Å². The van der Waals surface area contributed by atoms with Gasteiger partial charge in [-0.15, -0.1) is 0 Å². The van der Waals surface area contributed by atoms with Crippen molar-refractivity contribution in [3.05, 3.63) is 82.3 Å². The van der Waals surface area contributed by atoms with Crippen LogP contribution >= 0.6 is 12.2 Å². The Bertz CT molecular complexity index is 1270. The lowest BCUT2D eigenvalue weighted by molar-refractivity contribution is -0.122. The number of nitrogens with one attached hydrogen (secondary N) is 1. The van der Waals surface area contributed by atoms with Gasteiger partial charge in [0.05, 0.1) is 5.69 Å². The van der Waals surface area contributed by atoms with Gasteiger partial charge in [0, 0.05) is 17.6 Å². The number of carbonyl (C=O) groups excluding carboxylic acids is 2. The summed E-state index contributed by atoms with van der Waals surface area (Å²) in [5.74, 6) is -0.151. The van der Waals surface area contributed by atoms with Crippen LogP contribution < -0.4 is 10.2 Å². The number of para-hydroxylation sites is 1. The van der Waals surface area contributed by atoms with Gasteiger partial charge in [-0.2, -0.15) is 0 Å². The lowest BCUT2D eigenvalue weighted by atomic mass is 10.1. The van der Waals surface area contributed by atoms with E-state index < -0.39 is 11.8 Å². The summed E-state index contributed by atoms with van der Waals surface area (Å²) in [6.07, 6.45) is 3.39. The summed E-state index contributed by atoms with van der Waals surface area (Å²) >= 11 is 5.30. The standard InChI is InChI=1S/C24H22N4O2S/c1-14-9-10-25-21(11-14)27-16(3)12-18(17(27)4)13-19-22(29)26-24(31)28(23(19)30)20-8-6-5-7-15(20)2/h5-13H,1-4H3,(H,26,29,31)/b19-13+. The molecule has 1 aromatic carbocycles. The lowest BCUT2D eigenvalue weighted by Gasteiger charge is -2.30. The Morgan fingerprint density at radius 2 is 1.77 bits per heavy atom. The van der Waals surface area contributed by atoms with Crippen molar-refractivity contribution < 1.29 is 9.59 Å². The second-order valence-corrected chi connectivity index (χ2v) is 7.98. The first-order valence-electron chi connectivity index (χ1n) is 9.87. The van der Waals surface area contributed by atoms with Crippen LogP contribution in [0.25, 0.3) is 11.9 Å².